The van der Waals surface area contributed by atoms with Gasteiger partial charge < -0.3 is 5.11 Å². The van der Waals surface area contributed by atoms with Gasteiger partial charge in [0.25, 0.3) is 0 Å². The second kappa shape index (κ2) is 4.71. The van der Waals surface area contributed by atoms with Crippen LogP contribution in [0.25, 0.3) is 0 Å². The Morgan fingerprint density at radius 3 is 2.72 bits per heavy atom. The van der Waals surface area contributed by atoms with Gasteiger partial charge in [-0.05, 0) is 25.2 Å². The lowest BCUT2D eigenvalue weighted by atomic mass is 9.75. The lowest BCUT2D eigenvalue weighted by Crippen LogP contribution is -2.25. The van der Waals surface area contributed by atoms with Crippen molar-refractivity contribution in [1.82, 2.24) is 9.78 Å². The lowest BCUT2D eigenvalue weighted by molar-refractivity contribution is 0.138. The number of nitrogens with zero attached hydrogens (tertiary/aromatic N) is 2. The Morgan fingerprint density at radius 1 is 1.56 bits per heavy atom. The van der Waals surface area contributed by atoms with Crippen molar-refractivity contribution in [3.8, 4) is 0 Å². The molecule has 0 spiro atoms. The van der Waals surface area contributed by atoms with Crippen molar-refractivity contribution >= 4 is 11.6 Å². The zero-order valence-corrected chi connectivity index (χ0v) is 12.3. The van der Waals surface area contributed by atoms with Crippen LogP contribution in [0.4, 0.5) is 0 Å². The number of allylic oxidation sites excluding steroid dienone is 1. The summed E-state index contributed by atoms with van der Waals surface area (Å²) in [6.07, 6.45) is 4.25. The molecule has 1 heterocycles. The van der Waals surface area contributed by atoms with Gasteiger partial charge in [-0.3, -0.25) is 4.68 Å². The quantitative estimate of drug-likeness (QED) is 0.838. The highest BCUT2D eigenvalue weighted by Gasteiger charge is 2.28. The molecule has 0 aromatic carbocycles. The fourth-order valence-electron chi connectivity index (χ4n) is 2.85. The van der Waals surface area contributed by atoms with Crippen LogP contribution < -0.4 is 0 Å². The fraction of sp³-hybridized carbons (Fsp3) is 0.643. The van der Waals surface area contributed by atoms with E-state index in [9.17, 15) is 5.11 Å². The third-order valence-electron chi connectivity index (χ3n) is 3.55. The SMILES string of the molecule is Cc1nn(C)c(CC2=CC(O)CC(C)(C)C2)c1Cl. The van der Waals surface area contributed by atoms with Crippen LogP contribution in [0.2, 0.25) is 5.02 Å². The summed E-state index contributed by atoms with van der Waals surface area (Å²) in [6.45, 7) is 6.30. The molecule has 0 bridgehead atoms. The van der Waals surface area contributed by atoms with Crippen molar-refractivity contribution in [3.05, 3.63) is 28.1 Å². The molecule has 1 atom stereocenters. The Kier molecular flexibility index (Phi) is 3.56. The van der Waals surface area contributed by atoms with Crippen LogP contribution in [0.1, 0.15) is 38.1 Å². The van der Waals surface area contributed by atoms with E-state index in [-0.39, 0.29) is 11.5 Å². The molecule has 1 aromatic heterocycles. The van der Waals surface area contributed by atoms with E-state index in [4.69, 9.17) is 11.6 Å². The lowest BCUT2D eigenvalue weighted by Gasteiger charge is -2.32. The highest BCUT2D eigenvalue weighted by atomic mass is 35.5. The summed E-state index contributed by atoms with van der Waals surface area (Å²) >= 11 is 6.27. The Labute approximate surface area is 113 Å². The van der Waals surface area contributed by atoms with Gasteiger partial charge in [-0.25, -0.2) is 0 Å². The number of hydrogen-bond acceptors (Lipinski definition) is 2. The molecule has 100 valence electrons. The van der Waals surface area contributed by atoms with Crippen LogP contribution in [0, 0.1) is 12.3 Å². The van der Waals surface area contributed by atoms with E-state index in [0.29, 0.717) is 0 Å². The van der Waals surface area contributed by atoms with Gasteiger partial charge in [-0.2, -0.15) is 5.10 Å². The van der Waals surface area contributed by atoms with Gasteiger partial charge in [-0.15, -0.1) is 0 Å². The minimum Gasteiger partial charge on any atom is -0.389 e. The molecule has 1 aromatic rings. The number of aliphatic hydroxyl groups excluding tert-OH is 1. The smallest absolute Gasteiger partial charge is 0.0850 e. The zero-order chi connectivity index (χ0) is 13.5. The standard InChI is InChI=1S/C14H21ClN2O/c1-9-13(15)12(17(4)16-9)6-10-5-11(18)8-14(2,3)7-10/h5,11,18H,6-8H2,1-4H3. The summed E-state index contributed by atoms with van der Waals surface area (Å²) < 4.78 is 1.84. The number of hydrogen-bond donors (Lipinski definition) is 1. The maximum absolute atomic E-state index is 9.91. The van der Waals surface area contributed by atoms with Gasteiger partial charge in [-0.1, -0.05) is 37.1 Å². The molecule has 0 amide bonds. The molecule has 1 aliphatic carbocycles. The minimum atomic E-state index is -0.336. The second-order valence-electron chi connectivity index (χ2n) is 6.08. The maximum atomic E-state index is 9.91. The molecule has 1 N–H and O–H groups in total. The Morgan fingerprint density at radius 2 is 2.22 bits per heavy atom. The van der Waals surface area contributed by atoms with Gasteiger partial charge in [0, 0.05) is 13.5 Å². The molecule has 4 heteroatoms. The summed E-state index contributed by atoms with van der Waals surface area (Å²) in [6, 6.07) is 0. The first-order valence-corrected chi connectivity index (χ1v) is 6.72. The van der Waals surface area contributed by atoms with Gasteiger partial charge in [0.05, 0.1) is 22.5 Å². The van der Waals surface area contributed by atoms with Crippen molar-refractivity contribution in [2.45, 2.75) is 46.1 Å². The van der Waals surface area contributed by atoms with Crippen molar-refractivity contribution in [2.75, 3.05) is 0 Å². The average Bonchev–Trinajstić information content (AvgIpc) is 2.42. The third-order valence-corrected chi connectivity index (χ3v) is 4.04. The highest BCUT2D eigenvalue weighted by Crippen LogP contribution is 2.37. The number of halogens is 1. The largest absolute Gasteiger partial charge is 0.389 e. The molecule has 0 fully saturated rings. The molecule has 0 saturated heterocycles. The summed E-state index contributed by atoms with van der Waals surface area (Å²) in [4.78, 5) is 0. The maximum Gasteiger partial charge on any atom is 0.0850 e. The molecular weight excluding hydrogens is 248 g/mol. The monoisotopic (exact) mass is 268 g/mol. The molecule has 0 saturated carbocycles. The number of rotatable bonds is 2. The highest BCUT2D eigenvalue weighted by molar-refractivity contribution is 6.31. The summed E-state index contributed by atoms with van der Waals surface area (Å²) in [7, 11) is 1.92. The topological polar surface area (TPSA) is 38.0 Å². The molecule has 18 heavy (non-hydrogen) atoms. The number of aromatic nitrogens is 2. The van der Waals surface area contributed by atoms with E-state index in [1.54, 1.807) is 0 Å². The van der Waals surface area contributed by atoms with Crippen LogP contribution in [-0.4, -0.2) is 21.0 Å². The van der Waals surface area contributed by atoms with E-state index >= 15 is 0 Å². The summed E-state index contributed by atoms with van der Waals surface area (Å²) in [5.74, 6) is 0. The van der Waals surface area contributed by atoms with Crippen LogP contribution in [0.5, 0.6) is 0 Å². The van der Waals surface area contributed by atoms with E-state index < -0.39 is 0 Å². The van der Waals surface area contributed by atoms with Crippen molar-refractivity contribution in [1.29, 1.82) is 0 Å². The van der Waals surface area contributed by atoms with Gasteiger partial charge in [0.15, 0.2) is 0 Å². The fourth-order valence-corrected chi connectivity index (χ4v) is 3.08. The van der Waals surface area contributed by atoms with Gasteiger partial charge in [0.1, 0.15) is 0 Å². The summed E-state index contributed by atoms with van der Waals surface area (Å²) in [5, 5.41) is 15.0. The predicted molar refractivity (Wildman–Crippen MR) is 73.8 cm³/mol. The number of aryl methyl sites for hydroxylation is 2. The first kappa shape index (κ1) is 13.6. The van der Waals surface area contributed by atoms with E-state index in [1.165, 1.54) is 5.57 Å². The predicted octanol–water partition coefficient (Wildman–Crippen LogP) is 3.03. The summed E-state index contributed by atoms with van der Waals surface area (Å²) in [5.41, 5.74) is 3.31. The zero-order valence-electron chi connectivity index (χ0n) is 11.5. The van der Waals surface area contributed by atoms with Crippen LogP contribution in [-0.2, 0) is 13.5 Å². The Bertz CT molecular complexity index is 488. The molecule has 1 unspecified atom stereocenters. The molecule has 1 aliphatic rings. The molecule has 3 nitrogen and oxygen atoms in total. The van der Waals surface area contributed by atoms with Crippen LogP contribution >= 0.6 is 11.6 Å². The van der Waals surface area contributed by atoms with Gasteiger partial charge in [0.2, 0.25) is 0 Å². The second-order valence-corrected chi connectivity index (χ2v) is 6.46. The normalized spacial score (nSPS) is 23.0. The molecule has 0 aliphatic heterocycles. The molecular formula is C14H21ClN2O. The van der Waals surface area contributed by atoms with Crippen molar-refractivity contribution in [3.63, 3.8) is 0 Å². The van der Waals surface area contributed by atoms with E-state index in [1.807, 2.05) is 24.7 Å². The molecule has 2 rings (SSSR count). The third kappa shape index (κ3) is 2.78. The van der Waals surface area contributed by atoms with Gasteiger partial charge >= 0.3 is 0 Å². The minimum absolute atomic E-state index is 0.156. The van der Waals surface area contributed by atoms with Crippen molar-refractivity contribution < 1.29 is 5.11 Å². The average molecular weight is 269 g/mol. The number of aliphatic hydroxyl groups is 1. The van der Waals surface area contributed by atoms with E-state index in [2.05, 4.69) is 18.9 Å². The van der Waals surface area contributed by atoms with E-state index in [0.717, 1.165) is 35.7 Å². The first-order valence-electron chi connectivity index (χ1n) is 6.34. The van der Waals surface area contributed by atoms with Crippen LogP contribution in [0.3, 0.4) is 0 Å². The van der Waals surface area contributed by atoms with Crippen LogP contribution in [0.15, 0.2) is 11.6 Å². The van der Waals surface area contributed by atoms with Crippen molar-refractivity contribution in [2.24, 2.45) is 12.5 Å². The Balaban J connectivity index is 2.24. The molecule has 0 radical (unpaired) electrons. The first-order chi connectivity index (χ1) is 8.28. The Hall–Kier alpha value is -0.800.